The van der Waals surface area contributed by atoms with E-state index < -0.39 is 11.8 Å². The van der Waals surface area contributed by atoms with Gasteiger partial charge >= 0.3 is 12.0 Å². The molecule has 0 aromatic heterocycles. The topological polar surface area (TPSA) is 58.6 Å². The number of nitrogens with one attached hydrogen (secondary N) is 1. The first kappa shape index (κ1) is 16.8. The zero-order valence-electron chi connectivity index (χ0n) is 12.5. The second kappa shape index (κ2) is 7.11. The molecule has 0 radical (unpaired) electrons. The highest BCUT2D eigenvalue weighted by atomic mass is 35.5. The lowest BCUT2D eigenvalue weighted by Gasteiger charge is -2.13. The second-order valence-electron chi connectivity index (χ2n) is 4.86. The Morgan fingerprint density at radius 1 is 1.13 bits per heavy atom. The van der Waals surface area contributed by atoms with Crippen molar-refractivity contribution in [3.63, 3.8) is 0 Å². The normalized spacial score (nSPS) is 10.1. The number of benzene rings is 2. The number of amides is 2. The Bertz CT molecular complexity index is 733. The van der Waals surface area contributed by atoms with Crippen LogP contribution in [0, 0.1) is 5.82 Å². The fraction of sp³-hybridized carbons (Fsp3) is 0.125. The van der Waals surface area contributed by atoms with E-state index in [0.717, 1.165) is 0 Å². The summed E-state index contributed by atoms with van der Waals surface area (Å²) in [5.41, 5.74) is 0.589. The van der Waals surface area contributed by atoms with Crippen molar-refractivity contribution in [2.24, 2.45) is 0 Å². The van der Waals surface area contributed by atoms with Crippen LogP contribution in [-0.4, -0.2) is 31.0 Å². The van der Waals surface area contributed by atoms with Crippen LogP contribution < -0.4 is 10.1 Å². The minimum atomic E-state index is -0.674. The Morgan fingerprint density at radius 3 is 2.35 bits per heavy atom. The molecule has 0 aliphatic heterocycles. The maximum Gasteiger partial charge on any atom is 0.345 e. The highest BCUT2D eigenvalue weighted by Gasteiger charge is 2.14. The Labute approximate surface area is 137 Å². The molecule has 0 aliphatic carbocycles. The number of halogens is 2. The maximum absolute atomic E-state index is 12.8. The van der Waals surface area contributed by atoms with Crippen molar-refractivity contribution in [3.05, 3.63) is 58.9 Å². The summed E-state index contributed by atoms with van der Waals surface area (Å²) in [6, 6.07) is 9.16. The lowest BCUT2D eigenvalue weighted by molar-refractivity contribution is 0.0735. The molecule has 5 nitrogen and oxygen atoms in total. The summed E-state index contributed by atoms with van der Waals surface area (Å²) in [6.07, 6.45) is 0. The molecule has 0 heterocycles. The summed E-state index contributed by atoms with van der Waals surface area (Å²) in [4.78, 5) is 25.0. The summed E-state index contributed by atoms with van der Waals surface area (Å²) >= 11 is 6.05. The number of carbonyl (C=O) groups is 2. The molecule has 2 aromatic carbocycles. The van der Waals surface area contributed by atoms with E-state index in [2.05, 4.69) is 5.32 Å². The number of nitrogens with zero attached hydrogens (tertiary/aromatic N) is 1. The van der Waals surface area contributed by atoms with Gasteiger partial charge in [-0.2, -0.15) is 0 Å². The molecule has 0 spiro atoms. The van der Waals surface area contributed by atoms with Gasteiger partial charge in [0.05, 0.1) is 10.6 Å². The standard InChI is InChI=1S/C16H14ClFN2O3/c1-20(2)16(22)19-11-5-8-13(14(17)9-11)15(21)23-12-6-3-10(18)4-7-12/h3-9H,1-2H3,(H,19,22). The van der Waals surface area contributed by atoms with Crippen molar-refractivity contribution in [3.8, 4) is 5.75 Å². The van der Waals surface area contributed by atoms with Crippen LogP contribution in [0.2, 0.25) is 5.02 Å². The fourth-order valence-electron chi connectivity index (χ4n) is 1.66. The van der Waals surface area contributed by atoms with Gasteiger partial charge in [-0.05, 0) is 42.5 Å². The summed E-state index contributed by atoms with van der Waals surface area (Å²) in [6.45, 7) is 0. The van der Waals surface area contributed by atoms with E-state index in [9.17, 15) is 14.0 Å². The van der Waals surface area contributed by atoms with Crippen molar-refractivity contribution >= 4 is 29.3 Å². The quantitative estimate of drug-likeness (QED) is 0.685. The number of hydrogen-bond donors (Lipinski definition) is 1. The van der Waals surface area contributed by atoms with Gasteiger partial charge in [-0.25, -0.2) is 14.0 Å². The van der Waals surface area contributed by atoms with Gasteiger partial charge in [0.25, 0.3) is 0 Å². The van der Waals surface area contributed by atoms with Gasteiger partial charge in [0.1, 0.15) is 11.6 Å². The third-order valence-electron chi connectivity index (χ3n) is 2.87. The second-order valence-corrected chi connectivity index (χ2v) is 5.27. The van der Waals surface area contributed by atoms with Crippen LogP contribution in [0.1, 0.15) is 10.4 Å². The van der Waals surface area contributed by atoms with E-state index in [0.29, 0.717) is 5.69 Å². The average molecular weight is 337 g/mol. The molecular formula is C16H14ClFN2O3. The summed E-state index contributed by atoms with van der Waals surface area (Å²) in [5.74, 6) is -0.895. The van der Waals surface area contributed by atoms with E-state index in [1.54, 1.807) is 14.1 Å². The Kier molecular flexibility index (Phi) is 5.18. The van der Waals surface area contributed by atoms with Crippen LogP contribution in [0.4, 0.5) is 14.9 Å². The van der Waals surface area contributed by atoms with E-state index in [1.165, 1.54) is 47.4 Å². The number of rotatable bonds is 3. The van der Waals surface area contributed by atoms with E-state index in [1.807, 2.05) is 0 Å². The fourth-order valence-corrected chi connectivity index (χ4v) is 1.92. The van der Waals surface area contributed by atoms with Gasteiger partial charge < -0.3 is 15.0 Å². The molecule has 0 saturated heterocycles. The van der Waals surface area contributed by atoms with Crippen molar-refractivity contribution in [1.29, 1.82) is 0 Å². The minimum absolute atomic E-state index is 0.133. The Hall–Kier alpha value is -2.60. The predicted molar refractivity (Wildman–Crippen MR) is 85.5 cm³/mol. The molecule has 7 heteroatoms. The van der Waals surface area contributed by atoms with E-state index in [4.69, 9.17) is 16.3 Å². The maximum atomic E-state index is 12.8. The van der Waals surface area contributed by atoms with Gasteiger partial charge in [-0.3, -0.25) is 0 Å². The van der Waals surface area contributed by atoms with Gasteiger partial charge in [-0.1, -0.05) is 11.6 Å². The van der Waals surface area contributed by atoms with Crippen LogP contribution in [0.25, 0.3) is 0 Å². The smallest absolute Gasteiger partial charge is 0.345 e. The van der Waals surface area contributed by atoms with Crippen LogP contribution >= 0.6 is 11.6 Å². The number of hydrogen-bond acceptors (Lipinski definition) is 3. The monoisotopic (exact) mass is 336 g/mol. The van der Waals surface area contributed by atoms with Gasteiger partial charge in [-0.15, -0.1) is 0 Å². The largest absolute Gasteiger partial charge is 0.423 e. The van der Waals surface area contributed by atoms with E-state index >= 15 is 0 Å². The third kappa shape index (κ3) is 4.43. The number of anilines is 1. The van der Waals surface area contributed by atoms with Gasteiger partial charge in [0.2, 0.25) is 0 Å². The molecule has 23 heavy (non-hydrogen) atoms. The molecule has 2 amide bonds. The molecular weight excluding hydrogens is 323 g/mol. The Balaban J connectivity index is 2.12. The van der Waals surface area contributed by atoms with Gasteiger partial charge in [0.15, 0.2) is 0 Å². The number of esters is 1. The number of ether oxygens (including phenoxy) is 1. The number of carbonyl (C=O) groups excluding carboxylic acids is 2. The Morgan fingerprint density at radius 2 is 1.78 bits per heavy atom. The molecule has 2 rings (SSSR count). The first-order valence-corrected chi connectivity index (χ1v) is 7.00. The minimum Gasteiger partial charge on any atom is -0.423 e. The highest BCUT2D eigenvalue weighted by Crippen LogP contribution is 2.23. The molecule has 120 valence electrons. The number of urea groups is 1. The van der Waals surface area contributed by atoms with Crippen LogP contribution in [0.3, 0.4) is 0 Å². The summed E-state index contributed by atoms with van der Waals surface area (Å²) in [5, 5.41) is 2.75. The summed E-state index contributed by atoms with van der Waals surface area (Å²) in [7, 11) is 3.21. The molecule has 0 saturated carbocycles. The molecule has 0 aliphatic rings. The zero-order valence-corrected chi connectivity index (χ0v) is 13.2. The molecule has 1 N–H and O–H groups in total. The SMILES string of the molecule is CN(C)C(=O)Nc1ccc(C(=O)Oc2ccc(F)cc2)c(Cl)c1. The van der Waals surface area contributed by atoms with Gasteiger partial charge in [0, 0.05) is 19.8 Å². The molecule has 0 unspecified atom stereocenters. The van der Waals surface area contributed by atoms with Crippen molar-refractivity contribution < 1.29 is 18.7 Å². The summed E-state index contributed by atoms with van der Waals surface area (Å²) < 4.78 is 17.9. The van der Waals surface area contributed by atoms with Crippen LogP contribution in [-0.2, 0) is 0 Å². The van der Waals surface area contributed by atoms with E-state index in [-0.39, 0.29) is 22.4 Å². The lowest BCUT2D eigenvalue weighted by Crippen LogP contribution is -2.27. The molecule has 2 aromatic rings. The van der Waals surface area contributed by atoms with Crippen molar-refractivity contribution in [2.75, 3.05) is 19.4 Å². The predicted octanol–water partition coefficient (Wildman–Crippen LogP) is 3.79. The van der Waals surface area contributed by atoms with Crippen LogP contribution in [0.15, 0.2) is 42.5 Å². The van der Waals surface area contributed by atoms with Crippen LogP contribution in [0.5, 0.6) is 5.75 Å². The third-order valence-corrected chi connectivity index (χ3v) is 3.18. The molecule has 0 bridgehead atoms. The van der Waals surface area contributed by atoms with Crippen molar-refractivity contribution in [2.45, 2.75) is 0 Å². The van der Waals surface area contributed by atoms with Crippen molar-refractivity contribution in [1.82, 2.24) is 4.90 Å². The lowest BCUT2D eigenvalue weighted by atomic mass is 10.2. The molecule has 0 atom stereocenters. The molecule has 0 fully saturated rings. The average Bonchev–Trinajstić information content (AvgIpc) is 2.49. The zero-order chi connectivity index (χ0) is 17.0. The first-order valence-electron chi connectivity index (χ1n) is 6.62. The highest BCUT2D eigenvalue weighted by molar-refractivity contribution is 6.34. The first-order chi connectivity index (χ1) is 10.9.